The summed E-state index contributed by atoms with van der Waals surface area (Å²) in [5.41, 5.74) is 9.37. The third-order valence-electron chi connectivity index (χ3n) is 3.39. The van der Waals surface area contributed by atoms with Crippen molar-refractivity contribution >= 4 is 0 Å². The largest absolute Gasteiger partial charge is 0.326 e. The number of hydrogen-bond acceptors (Lipinski definition) is 3. The van der Waals surface area contributed by atoms with Gasteiger partial charge in [-0.3, -0.25) is 0 Å². The van der Waals surface area contributed by atoms with E-state index in [9.17, 15) is 0 Å². The lowest BCUT2D eigenvalue weighted by molar-refractivity contribution is 0.635. The Morgan fingerprint density at radius 3 is 2.58 bits per heavy atom. The number of nitrogens with two attached hydrogens (primary N) is 1. The minimum absolute atomic E-state index is 0.588. The smallest absolute Gasteiger partial charge is 0.150 e. The van der Waals surface area contributed by atoms with Crippen molar-refractivity contribution < 1.29 is 0 Å². The Bertz CT molecular complexity index is 557. The third kappa shape index (κ3) is 3.01. The zero-order valence-electron chi connectivity index (χ0n) is 12.0. The van der Waals surface area contributed by atoms with Crippen LogP contribution in [0.1, 0.15) is 42.2 Å². The molecule has 1 heterocycles. The highest BCUT2D eigenvalue weighted by atomic mass is 15.3. The monoisotopic (exact) mass is 258 g/mol. The molecule has 1 aromatic carbocycles. The van der Waals surface area contributed by atoms with Crippen LogP contribution in [0.4, 0.5) is 0 Å². The maximum absolute atomic E-state index is 5.66. The molecule has 2 N–H and O–H groups in total. The van der Waals surface area contributed by atoms with Crippen LogP contribution < -0.4 is 5.73 Å². The summed E-state index contributed by atoms with van der Waals surface area (Å²) < 4.78 is 2.02. The molecule has 19 heavy (non-hydrogen) atoms. The third-order valence-corrected chi connectivity index (χ3v) is 3.39. The molecular weight excluding hydrogens is 236 g/mol. The Balaban J connectivity index is 2.27. The van der Waals surface area contributed by atoms with E-state index in [0.717, 1.165) is 31.0 Å². The molecule has 0 aliphatic rings. The Hall–Kier alpha value is -1.68. The molecule has 4 nitrogen and oxygen atoms in total. The van der Waals surface area contributed by atoms with Crippen LogP contribution in [0.5, 0.6) is 0 Å². The number of nitrogens with zero attached hydrogens (tertiary/aromatic N) is 3. The molecule has 0 saturated carbocycles. The van der Waals surface area contributed by atoms with Crippen molar-refractivity contribution in [2.24, 2.45) is 5.73 Å². The summed E-state index contributed by atoms with van der Waals surface area (Å²) in [4.78, 5) is 4.54. The van der Waals surface area contributed by atoms with Crippen molar-refractivity contribution in [1.29, 1.82) is 0 Å². The van der Waals surface area contributed by atoms with Crippen LogP contribution in [0.3, 0.4) is 0 Å². The highest BCUT2D eigenvalue weighted by Gasteiger charge is 2.09. The average Bonchev–Trinajstić information content (AvgIpc) is 2.83. The SMILES string of the molecule is CCc1nc(CC)n(Cc2ccc(CN)cc2C)n1. The highest BCUT2D eigenvalue weighted by Crippen LogP contribution is 2.13. The Morgan fingerprint density at radius 2 is 2.00 bits per heavy atom. The highest BCUT2D eigenvalue weighted by molar-refractivity contribution is 5.31. The van der Waals surface area contributed by atoms with E-state index in [1.54, 1.807) is 0 Å². The van der Waals surface area contributed by atoms with Crippen LogP contribution in [0, 0.1) is 6.92 Å². The van der Waals surface area contributed by atoms with Gasteiger partial charge in [-0.25, -0.2) is 9.67 Å². The molecular formula is C15H22N4. The molecule has 2 aromatic rings. The summed E-state index contributed by atoms with van der Waals surface area (Å²) in [5, 5.41) is 4.56. The van der Waals surface area contributed by atoms with Gasteiger partial charge in [0.1, 0.15) is 5.82 Å². The lowest BCUT2D eigenvalue weighted by Gasteiger charge is -2.09. The fraction of sp³-hybridized carbons (Fsp3) is 0.467. The van der Waals surface area contributed by atoms with Crippen LogP contribution in [-0.2, 0) is 25.9 Å². The average molecular weight is 258 g/mol. The normalized spacial score (nSPS) is 10.9. The van der Waals surface area contributed by atoms with Crippen LogP contribution in [-0.4, -0.2) is 14.8 Å². The Kier molecular flexibility index (Phi) is 4.32. The molecule has 0 fully saturated rings. The minimum Gasteiger partial charge on any atom is -0.326 e. The van der Waals surface area contributed by atoms with E-state index in [2.05, 4.69) is 49.1 Å². The maximum atomic E-state index is 5.66. The van der Waals surface area contributed by atoms with E-state index in [1.165, 1.54) is 16.7 Å². The van der Waals surface area contributed by atoms with E-state index in [4.69, 9.17) is 5.73 Å². The first-order valence-corrected chi connectivity index (χ1v) is 6.89. The molecule has 0 radical (unpaired) electrons. The zero-order valence-corrected chi connectivity index (χ0v) is 12.0. The minimum atomic E-state index is 0.588. The van der Waals surface area contributed by atoms with Crippen molar-refractivity contribution in [2.45, 2.75) is 46.7 Å². The molecule has 0 saturated heterocycles. The van der Waals surface area contributed by atoms with Crippen molar-refractivity contribution in [3.05, 3.63) is 46.5 Å². The molecule has 0 aliphatic carbocycles. The van der Waals surface area contributed by atoms with Gasteiger partial charge in [-0.2, -0.15) is 5.10 Å². The fourth-order valence-electron chi connectivity index (χ4n) is 2.19. The number of aryl methyl sites for hydroxylation is 3. The second-order valence-corrected chi connectivity index (χ2v) is 4.77. The molecule has 0 bridgehead atoms. The van der Waals surface area contributed by atoms with Crippen LogP contribution in [0.2, 0.25) is 0 Å². The van der Waals surface area contributed by atoms with Gasteiger partial charge in [-0.15, -0.1) is 0 Å². The number of benzene rings is 1. The Morgan fingerprint density at radius 1 is 1.21 bits per heavy atom. The van der Waals surface area contributed by atoms with Crippen LogP contribution in [0.25, 0.3) is 0 Å². The Labute approximate surface area is 114 Å². The standard InChI is InChI=1S/C15H22N4/c1-4-14-17-15(5-2)19(18-14)10-13-7-6-12(9-16)8-11(13)3/h6-8H,4-5,9-10,16H2,1-3H3. The van der Waals surface area contributed by atoms with Crippen LogP contribution in [0.15, 0.2) is 18.2 Å². The zero-order chi connectivity index (χ0) is 13.8. The second kappa shape index (κ2) is 5.97. The van der Waals surface area contributed by atoms with Crippen molar-refractivity contribution in [3.8, 4) is 0 Å². The van der Waals surface area contributed by atoms with E-state index >= 15 is 0 Å². The van der Waals surface area contributed by atoms with Crippen molar-refractivity contribution in [2.75, 3.05) is 0 Å². The van der Waals surface area contributed by atoms with Gasteiger partial charge in [0.15, 0.2) is 5.82 Å². The molecule has 0 amide bonds. The van der Waals surface area contributed by atoms with Gasteiger partial charge in [0.25, 0.3) is 0 Å². The van der Waals surface area contributed by atoms with Gasteiger partial charge in [-0.1, -0.05) is 32.0 Å². The summed E-state index contributed by atoms with van der Waals surface area (Å²) in [5.74, 6) is 1.98. The molecule has 102 valence electrons. The molecule has 0 atom stereocenters. The van der Waals surface area contributed by atoms with Crippen molar-refractivity contribution in [1.82, 2.24) is 14.8 Å². The fourth-order valence-corrected chi connectivity index (χ4v) is 2.19. The van der Waals surface area contributed by atoms with Gasteiger partial charge < -0.3 is 5.73 Å². The number of rotatable bonds is 5. The van der Waals surface area contributed by atoms with Gasteiger partial charge >= 0.3 is 0 Å². The van der Waals surface area contributed by atoms with Gasteiger partial charge in [-0.05, 0) is 23.6 Å². The van der Waals surface area contributed by atoms with E-state index in [1.807, 2.05) is 4.68 Å². The first-order chi connectivity index (χ1) is 9.17. The summed E-state index contributed by atoms with van der Waals surface area (Å²) in [7, 11) is 0. The molecule has 0 spiro atoms. The molecule has 1 aromatic heterocycles. The first kappa shape index (κ1) is 13.7. The van der Waals surface area contributed by atoms with Crippen LogP contribution >= 0.6 is 0 Å². The first-order valence-electron chi connectivity index (χ1n) is 6.89. The maximum Gasteiger partial charge on any atom is 0.150 e. The molecule has 2 rings (SSSR count). The lowest BCUT2D eigenvalue weighted by atomic mass is 10.1. The molecule has 0 aliphatic heterocycles. The number of hydrogen-bond donors (Lipinski definition) is 1. The second-order valence-electron chi connectivity index (χ2n) is 4.77. The predicted molar refractivity (Wildman–Crippen MR) is 77.0 cm³/mol. The summed E-state index contributed by atoms with van der Waals surface area (Å²) >= 11 is 0. The topological polar surface area (TPSA) is 56.7 Å². The van der Waals surface area contributed by atoms with Crippen molar-refractivity contribution in [3.63, 3.8) is 0 Å². The van der Waals surface area contributed by atoms with Gasteiger partial charge in [0.05, 0.1) is 6.54 Å². The quantitative estimate of drug-likeness (QED) is 0.894. The van der Waals surface area contributed by atoms with E-state index in [-0.39, 0.29) is 0 Å². The summed E-state index contributed by atoms with van der Waals surface area (Å²) in [6.45, 7) is 7.69. The van der Waals surface area contributed by atoms with Gasteiger partial charge in [0.2, 0.25) is 0 Å². The lowest BCUT2D eigenvalue weighted by Crippen LogP contribution is -2.08. The van der Waals surface area contributed by atoms with Gasteiger partial charge in [0, 0.05) is 19.4 Å². The molecule has 4 heteroatoms. The summed E-state index contributed by atoms with van der Waals surface area (Å²) in [6, 6.07) is 6.38. The van der Waals surface area contributed by atoms with E-state index < -0.39 is 0 Å². The van der Waals surface area contributed by atoms with E-state index in [0.29, 0.717) is 6.54 Å². The summed E-state index contributed by atoms with van der Waals surface area (Å²) in [6.07, 6.45) is 1.79. The molecule has 0 unspecified atom stereocenters. The predicted octanol–water partition coefficient (Wildman–Crippen LogP) is 2.22. The number of aromatic nitrogens is 3.